The van der Waals surface area contributed by atoms with Crippen LogP contribution < -0.4 is 5.32 Å². The molecule has 0 aromatic heterocycles. The lowest BCUT2D eigenvalue weighted by Crippen LogP contribution is -2.33. The van der Waals surface area contributed by atoms with Crippen molar-refractivity contribution < 1.29 is 9.90 Å². The van der Waals surface area contributed by atoms with E-state index in [-0.39, 0.29) is 6.03 Å². The third kappa shape index (κ3) is 3.66. The smallest absolute Gasteiger partial charge is 0.321 e. The number of nitrogens with zero attached hydrogens (tertiary/aromatic N) is 1. The first-order valence-electron chi connectivity index (χ1n) is 7.63. The van der Waals surface area contributed by atoms with Gasteiger partial charge in [-0.2, -0.15) is 0 Å². The maximum Gasteiger partial charge on any atom is 0.321 e. The Morgan fingerprint density at radius 3 is 2.70 bits per heavy atom. The highest BCUT2D eigenvalue weighted by Gasteiger charge is 2.24. The van der Waals surface area contributed by atoms with Crippen molar-refractivity contribution in [3.8, 4) is 11.1 Å². The summed E-state index contributed by atoms with van der Waals surface area (Å²) in [4.78, 5) is 13.8. The fourth-order valence-electron chi connectivity index (χ4n) is 2.77. The molecule has 1 heterocycles. The molecule has 2 aromatic rings. The first-order chi connectivity index (χ1) is 11.0. The topological polar surface area (TPSA) is 52.6 Å². The van der Waals surface area contributed by atoms with Crippen molar-refractivity contribution in [2.45, 2.75) is 19.4 Å². The van der Waals surface area contributed by atoms with Gasteiger partial charge in [-0.15, -0.1) is 0 Å². The van der Waals surface area contributed by atoms with Gasteiger partial charge in [0.1, 0.15) is 0 Å². The fraction of sp³-hybridized carbons (Fsp3) is 0.278. The van der Waals surface area contributed by atoms with Crippen LogP contribution in [-0.2, 0) is 0 Å². The zero-order valence-electron chi connectivity index (χ0n) is 12.9. The molecule has 1 aliphatic rings. The highest BCUT2D eigenvalue weighted by molar-refractivity contribution is 6.30. The van der Waals surface area contributed by atoms with Crippen molar-refractivity contribution in [2.75, 3.05) is 18.4 Å². The number of carbonyl (C=O) groups is 1. The van der Waals surface area contributed by atoms with E-state index in [0.717, 1.165) is 22.4 Å². The summed E-state index contributed by atoms with van der Waals surface area (Å²) >= 11 is 6.04. The minimum Gasteiger partial charge on any atom is -0.391 e. The lowest BCUT2D eigenvalue weighted by molar-refractivity contribution is 0.176. The summed E-state index contributed by atoms with van der Waals surface area (Å²) in [5.74, 6) is 0. The van der Waals surface area contributed by atoms with Crippen LogP contribution in [-0.4, -0.2) is 35.2 Å². The van der Waals surface area contributed by atoms with Gasteiger partial charge in [-0.25, -0.2) is 4.79 Å². The molecule has 0 aliphatic carbocycles. The number of aliphatic hydroxyl groups excluding tert-OH is 1. The molecular formula is C18H19ClN2O2. The SMILES string of the molecule is Cc1cc(-c2cccc(Cl)c2)ccc1NC(=O)N1CC[C@@H](O)C1. The minimum atomic E-state index is -0.410. The molecule has 4 nitrogen and oxygen atoms in total. The third-order valence-electron chi connectivity index (χ3n) is 4.08. The molecule has 0 saturated carbocycles. The van der Waals surface area contributed by atoms with Crippen molar-refractivity contribution in [3.05, 3.63) is 53.1 Å². The van der Waals surface area contributed by atoms with Crippen LogP contribution in [0.4, 0.5) is 10.5 Å². The van der Waals surface area contributed by atoms with Gasteiger partial charge in [0.25, 0.3) is 0 Å². The summed E-state index contributed by atoms with van der Waals surface area (Å²) in [7, 11) is 0. The summed E-state index contributed by atoms with van der Waals surface area (Å²) in [5.41, 5.74) is 3.86. The molecule has 1 atom stereocenters. The quantitative estimate of drug-likeness (QED) is 0.877. The van der Waals surface area contributed by atoms with E-state index in [1.54, 1.807) is 4.90 Å². The van der Waals surface area contributed by atoms with Gasteiger partial charge in [-0.1, -0.05) is 29.8 Å². The number of aryl methyl sites for hydroxylation is 1. The van der Waals surface area contributed by atoms with E-state index in [1.807, 2.05) is 49.4 Å². The Labute approximate surface area is 140 Å². The Morgan fingerprint density at radius 2 is 2.04 bits per heavy atom. The van der Waals surface area contributed by atoms with Gasteiger partial charge in [-0.05, 0) is 54.3 Å². The third-order valence-corrected chi connectivity index (χ3v) is 4.31. The number of carbonyl (C=O) groups excluding carboxylic acids is 1. The van der Waals surface area contributed by atoms with Crippen LogP contribution in [0.1, 0.15) is 12.0 Å². The van der Waals surface area contributed by atoms with Gasteiger partial charge < -0.3 is 15.3 Å². The number of rotatable bonds is 2. The van der Waals surface area contributed by atoms with E-state index in [2.05, 4.69) is 5.32 Å². The second-order valence-corrected chi connectivity index (χ2v) is 6.30. The van der Waals surface area contributed by atoms with Gasteiger partial charge in [0, 0.05) is 23.8 Å². The lowest BCUT2D eigenvalue weighted by atomic mass is 10.0. The maximum atomic E-state index is 12.2. The Bertz CT molecular complexity index is 733. The monoisotopic (exact) mass is 330 g/mol. The molecule has 2 N–H and O–H groups in total. The molecule has 2 aromatic carbocycles. The molecule has 1 fully saturated rings. The standard InChI is InChI=1S/C18H19ClN2O2/c1-12-9-14(13-3-2-4-15(19)10-13)5-6-17(12)20-18(23)21-8-7-16(22)11-21/h2-6,9-10,16,22H,7-8,11H2,1H3,(H,20,23)/t16-/m1/s1. The van der Waals surface area contributed by atoms with Crippen LogP contribution in [0, 0.1) is 6.92 Å². The number of urea groups is 1. The number of β-amino-alcohol motifs (C(OH)–C–C–N with tert-alkyl or cyclic N) is 1. The minimum absolute atomic E-state index is 0.167. The summed E-state index contributed by atoms with van der Waals surface area (Å²) in [6.45, 7) is 2.95. The Morgan fingerprint density at radius 1 is 1.26 bits per heavy atom. The molecule has 1 saturated heterocycles. The highest BCUT2D eigenvalue weighted by Crippen LogP contribution is 2.27. The van der Waals surface area contributed by atoms with Crippen LogP contribution >= 0.6 is 11.6 Å². The van der Waals surface area contributed by atoms with Crippen LogP contribution in [0.15, 0.2) is 42.5 Å². The second kappa shape index (κ2) is 6.60. The predicted octanol–water partition coefficient (Wildman–Crippen LogP) is 3.91. The van der Waals surface area contributed by atoms with Crippen LogP contribution in [0.3, 0.4) is 0 Å². The Kier molecular flexibility index (Phi) is 4.55. The Hall–Kier alpha value is -2.04. The number of likely N-dealkylation sites (tertiary alicyclic amines) is 1. The molecule has 120 valence electrons. The fourth-order valence-corrected chi connectivity index (χ4v) is 2.96. The summed E-state index contributed by atoms with van der Waals surface area (Å²) in [5, 5.41) is 13.1. The number of hydrogen-bond donors (Lipinski definition) is 2. The Balaban J connectivity index is 1.76. The zero-order chi connectivity index (χ0) is 16.4. The van der Waals surface area contributed by atoms with E-state index >= 15 is 0 Å². The maximum absolute atomic E-state index is 12.2. The number of hydrogen-bond acceptors (Lipinski definition) is 2. The molecule has 3 rings (SSSR count). The number of benzene rings is 2. The van der Waals surface area contributed by atoms with Crippen molar-refractivity contribution in [3.63, 3.8) is 0 Å². The van der Waals surface area contributed by atoms with Gasteiger partial charge in [-0.3, -0.25) is 0 Å². The molecule has 1 aliphatic heterocycles. The highest BCUT2D eigenvalue weighted by atomic mass is 35.5. The molecule has 5 heteroatoms. The molecule has 0 spiro atoms. The molecule has 0 bridgehead atoms. The number of aliphatic hydroxyl groups is 1. The van der Waals surface area contributed by atoms with E-state index in [1.165, 1.54) is 0 Å². The second-order valence-electron chi connectivity index (χ2n) is 5.86. The normalized spacial score (nSPS) is 17.3. The number of nitrogens with one attached hydrogen (secondary N) is 1. The molecule has 0 radical (unpaired) electrons. The molecular weight excluding hydrogens is 312 g/mol. The van der Waals surface area contributed by atoms with Crippen molar-refractivity contribution >= 4 is 23.3 Å². The number of amides is 2. The summed E-state index contributed by atoms with van der Waals surface area (Å²) < 4.78 is 0. The molecule has 2 amide bonds. The summed E-state index contributed by atoms with van der Waals surface area (Å²) in [6, 6.07) is 13.4. The van der Waals surface area contributed by atoms with Crippen LogP contribution in [0.25, 0.3) is 11.1 Å². The average molecular weight is 331 g/mol. The number of anilines is 1. The first-order valence-corrected chi connectivity index (χ1v) is 8.01. The number of halogens is 1. The van der Waals surface area contributed by atoms with Crippen molar-refractivity contribution in [1.82, 2.24) is 4.90 Å². The van der Waals surface area contributed by atoms with Crippen LogP contribution in [0.2, 0.25) is 5.02 Å². The molecule has 23 heavy (non-hydrogen) atoms. The van der Waals surface area contributed by atoms with E-state index in [9.17, 15) is 9.90 Å². The van der Waals surface area contributed by atoms with Crippen molar-refractivity contribution in [1.29, 1.82) is 0 Å². The van der Waals surface area contributed by atoms with Gasteiger partial charge in [0.2, 0.25) is 0 Å². The molecule has 0 unspecified atom stereocenters. The largest absolute Gasteiger partial charge is 0.391 e. The van der Waals surface area contributed by atoms with E-state index in [0.29, 0.717) is 24.5 Å². The van der Waals surface area contributed by atoms with Crippen molar-refractivity contribution in [2.24, 2.45) is 0 Å². The zero-order valence-corrected chi connectivity index (χ0v) is 13.7. The average Bonchev–Trinajstić information content (AvgIpc) is 2.96. The van der Waals surface area contributed by atoms with Crippen LogP contribution in [0.5, 0.6) is 0 Å². The van der Waals surface area contributed by atoms with Gasteiger partial charge in [0.15, 0.2) is 0 Å². The van der Waals surface area contributed by atoms with Gasteiger partial charge in [0.05, 0.1) is 6.10 Å². The predicted molar refractivity (Wildman–Crippen MR) is 92.8 cm³/mol. The first kappa shape index (κ1) is 15.8. The van der Waals surface area contributed by atoms with Gasteiger partial charge >= 0.3 is 6.03 Å². The summed E-state index contributed by atoms with van der Waals surface area (Å²) in [6.07, 6.45) is 0.229. The van der Waals surface area contributed by atoms with E-state index in [4.69, 9.17) is 11.6 Å². The lowest BCUT2D eigenvalue weighted by Gasteiger charge is -2.18. The van der Waals surface area contributed by atoms with E-state index < -0.39 is 6.10 Å².